The first-order valence-corrected chi connectivity index (χ1v) is 8.09. The molecule has 0 aromatic rings. The molecule has 1 amide bonds. The molecule has 0 saturated carbocycles. The maximum atomic E-state index is 12.5. The minimum atomic E-state index is 0.301. The van der Waals surface area contributed by atoms with E-state index >= 15 is 0 Å². The maximum absolute atomic E-state index is 12.5. The van der Waals surface area contributed by atoms with Crippen molar-refractivity contribution in [1.82, 2.24) is 15.1 Å². The number of carbonyl (C=O) groups is 1. The molecule has 1 saturated heterocycles. The van der Waals surface area contributed by atoms with Gasteiger partial charge in [0.2, 0.25) is 5.91 Å². The van der Waals surface area contributed by atoms with Crippen LogP contribution in [0.4, 0.5) is 0 Å². The van der Waals surface area contributed by atoms with Gasteiger partial charge in [-0.25, -0.2) is 0 Å². The summed E-state index contributed by atoms with van der Waals surface area (Å²) in [5.74, 6) is 1.37. The largest absolute Gasteiger partial charge is 0.341 e. The summed E-state index contributed by atoms with van der Waals surface area (Å²) >= 11 is 0. The molecule has 1 aliphatic rings. The summed E-state index contributed by atoms with van der Waals surface area (Å²) in [7, 11) is 2.03. The zero-order valence-corrected chi connectivity index (χ0v) is 14.0. The molecular weight excluding hydrogens is 250 g/mol. The Morgan fingerprint density at radius 3 is 2.05 bits per heavy atom. The number of rotatable bonds is 7. The van der Waals surface area contributed by atoms with Gasteiger partial charge in [-0.15, -0.1) is 0 Å². The summed E-state index contributed by atoms with van der Waals surface area (Å²) in [6.45, 7) is 13.1. The summed E-state index contributed by atoms with van der Waals surface area (Å²) in [5, 5.41) is 3.33. The topological polar surface area (TPSA) is 35.6 Å². The Morgan fingerprint density at radius 2 is 1.65 bits per heavy atom. The molecule has 20 heavy (non-hydrogen) atoms. The normalized spacial score (nSPS) is 17.9. The van der Waals surface area contributed by atoms with E-state index in [1.165, 1.54) is 0 Å². The van der Waals surface area contributed by atoms with Crippen LogP contribution in [0.25, 0.3) is 0 Å². The second-order valence-corrected chi connectivity index (χ2v) is 6.93. The Labute approximate surface area is 124 Å². The molecule has 0 aromatic carbocycles. The number of nitrogens with zero attached hydrogens (tertiary/aromatic N) is 2. The highest BCUT2D eigenvalue weighted by Gasteiger charge is 2.22. The highest BCUT2D eigenvalue weighted by molar-refractivity contribution is 5.78. The number of amides is 1. The first-order valence-electron chi connectivity index (χ1n) is 8.09. The highest BCUT2D eigenvalue weighted by atomic mass is 16.2. The zero-order valence-electron chi connectivity index (χ0n) is 14.0. The van der Waals surface area contributed by atoms with Crippen LogP contribution in [0, 0.1) is 11.8 Å². The predicted molar refractivity (Wildman–Crippen MR) is 84.8 cm³/mol. The lowest BCUT2D eigenvalue weighted by atomic mass is 10.1. The number of hydrogen-bond donors (Lipinski definition) is 1. The molecule has 1 rings (SSSR count). The van der Waals surface area contributed by atoms with Crippen LogP contribution in [0.3, 0.4) is 0 Å². The molecule has 1 heterocycles. The lowest BCUT2D eigenvalue weighted by Crippen LogP contribution is -2.47. The molecule has 118 valence electrons. The van der Waals surface area contributed by atoms with Gasteiger partial charge in [-0.3, -0.25) is 9.69 Å². The molecule has 0 radical (unpaired) electrons. The Morgan fingerprint density at radius 1 is 1.15 bits per heavy atom. The Hall–Kier alpha value is -0.610. The van der Waals surface area contributed by atoms with E-state index in [-0.39, 0.29) is 0 Å². The van der Waals surface area contributed by atoms with Crippen molar-refractivity contribution < 1.29 is 4.79 Å². The number of hydrogen-bond acceptors (Lipinski definition) is 3. The van der Waals surface area contributed by atoms with Gasteiger partial charge in [0.15, 0.2) is 0 Å². The van der Waals surface area contributed by atoms with Crippen molar-refractivity contribution in [2.75, 3.05) is 39.8 Å². The molecular formula is C16H33N3O. The molecule has 1 N–H and O–H groups in total. The zero-order chi connectivity index (χ0) is 15.1. The lowest BCUT2D eigenvalue weighted by molar-refractivity contribution is -0.133. The van der Waals surface area contributed by atoms with Crippen LogP contribution in [0.1, 0.15) is 40.5 Å². The van der Waals surface area contributed by atoms with Gasteiger partial charge >= 0.3 is 0 Å². The van der Waals surface area contributed by atoms with Gasteiger partial charge in [0, 0.05) is 32.2 Å². The molecule has 4 heteroatoms. The van der Waals surface area contributed by atoms with E-state index in [9.17, 15) is 4.79 Å². The fraction of sp³-hybridized carbons (Fsp3) is 0.938. The third-order valence-corrected chi connectivity index (χ3v) is 3.88. The smallest absolute Gasteiger partial charge is 0.236 e. The van der Waals surface area contributed by atoms with E-state index < -0.39 is 0 Å². The van der Waals surface area contributed by atoms with Crippen molar-refractivity contribution in [3.63, 3.8) is 0 Å². The van der Waals surface area contributed by atoms with Crippen LogP contribution in [-0.2, 0) is 4.79 Å². The molecule has 0 unspecified atom stereocenters. The second-order valence-electron chi connectivity index (χ2n) is 6.93. The van der Waals surface area contributed by atoms with Crippen LogP contribution in [0.2, 0.25) is 0 Å². The SMILES string of the molecule is CNC1CCN(CC(=O)N(CC(C)C)CC(C)C)CC1. The summed E-state index contributed by atoms with van der Waals surface area (Å²) < 4.78 is 0. The second kappa shape index (κ2) is 8.63. The van der Waals surface area contributed by atoms with Gasteiger partial charge in [0.25, 0.3) is 0 Å². The van der Waals surface area contributed by atoms with E-state index in [4.69, 9.17) is 0 Å². The lowest BCUT2D eigenvalue weighted by Gasteiger charge is -2.34. The van der Waals surface area contributed by atoms with E-state index in [1.807, 2.05) is 7.05 Å². The summed E-state index contributed by atoms with van der Waals surface area (Å²) in [5.41, 5.74) is 0. The molecule has 4 nitrogen and oxygen atoms in total. The first kappa shape index (κ1) is 17.4. The average molecular weight is 283 g/mol. The average Bonchev–Trinajstić information content (AvgIpc) is 2.37. The molecule has 0 aliphatic carbocycles. The minimum Gasteiger partial charge on any atom is -0.341 e. The maximum Gasteiger partial charge on any atom is 0.236 e. The van der Waals surface area contributed by atoms with Crippen molar-refractivity contribution in [2.24, 2.45) is 11.8 Å². The van der Waals surface area contributed by atoms with Crippen LogP contribution < -0.4 is 5.32 Å². The summed E-state index contributed by atoms with van der Waals surface area (Å²) in [6, 6.07) is 0.629. The predicted octanol–water partition coefficient (Wildman–Crippen LogP) is 1.81. The molecule has 0 atom stereocenters. The van der Waals surface area contributed by atoms with Gasteiger partial charge in [0.05, 0.1) is 6.54 Å². The fourth-order valence-electron chi connectivity index (χ4n) is 2.83. The number of likely N-dealkylation sites (tertiary alicyclic amines) is 1. The van der Waals surface area contributed by atoms with E-state index in [1.54, 1.807) is 0 Å². The highest BCUT2D eigenvalue weighted by Crippen LogP contribution is 2.11. The summed E-state index contributed by atoms with van der Waals surface area (Å²) in [6.07, 6.45) is 2.30. The van der Waals surface area contributed by atoms with Crippen molar-refractivity contribution in [2.45, 2.75) is 46.6 Å². The number of carbonyl (C=O) groups excluding carboxylic acids is 1. The number of piperidine rings is 1. The monoisotopic (exact) mass is 283 g/mol. The molecule has 0 aromatic heterocycles. The van der Waals surface area contributed by atoms with Gasteiger partial charge in [-0.05, 0) is 31.7 Å². The third-order valence-electron chi connectivity index (χ3n) is 3.88. The van der Waals surface area contributed by atoms with Crippen molar-refractivity contribution >= 4 is 5.91 Å². The van der Waals surface area contributed by atoms with E-state index in [0.29, 0.717) is 30.3 Å². The Kier molecular flexibility index (Phi) is 7.52. The summed E-state index contributed by atoms with van der Waals surface area (Å²) in [4.78, 5) is 16.9. The molecule has 0 spiro atoms. The first-order chi connectivity index (χ1) is 9.42. The third kappa shape index (κ3) is 6.23. The minimum absolute atomic E-state index is 0.301. The van der Waals surface area contributed by atoms with Crippen molar-refractivity contribution in [3.8, 4) is 0 Å². The molecule has 1 fully saturated rings. The van der Waals surface area contributed by atoms with E-state index in [2.05, 4.69) is 42.8 Å². The van der Waals surface area contributed by atoms with Gasteiger partial charge < -0.3 is 10.2 Å². The fourth-order valence-corrected chi connectivity index (χ4v) is 2.83. The van der Waals surface area contributed by atoms with Gasteiger partial charge in [-0.2, -0.15) is 0 Å². The van der Waals surface area contributed by atoms with E-state index in [0.717, 1.165) is 39.0 Å². The Balaban J connectivity index is 2.45. The number of nitrogens with one attached hydrogen (secondary N) is 1. The molecule has 1 aliphatic heterocycles. The van der Waals surface area contributed by atoms with Gasteiger partial charge in [-0.1, -0.05) is 27.7 Å². The van der Waals surface area contributed by atoms with Gasteiger partial charge in [0.1, 0.15) is 0 Å². The Bertz CT molecular complexity index is 273. The standard InChI is InChI=1S/C16H33N3O/c1-13(2)10-19(11-14(3)4)16(20)12-18-8-6-15(17-5)7-9-18/h13-15,17H,6-12H2,1-5H3. The molecule has 0 bridgehead atoms. The van der Waals surface area contributed by atoms with Crippen molar-refractivity contribution in [3.05, 3.63) is 0 Å². The van der Waals surface area contributed by atoms with Crippen LogP contribution in [0.5, 0.6) is 0 Å². The van der Waals surface area contributed by atoms with Crippen molar-refractivity contribution in [1.29, 1.82) is 0 Å². The van der Waals surface area contributed by atoms with Crippen LogP contribution in [0.15, 0.2) is 0 Å². The quantitative estimate of drug-likeness (QED) is 0.774. The van der Waals surface area contributed by atoms with Crippen LogP contribution in [-0.4, -0.2) is 61.5 Å². The van der Waals surface area contributed by atoms with Crippen LogP contribution >= 0.6 is 0 Å².